The molecular formula is C18H15ClN2O. The number of hydrogen-bond donors (Lipinski definition) is 0. The number of nitrogens with zero attached hydrogens (tertiary/aromatic N) is 2. The van der Waals surface area contributed by atoms with E-state index in [-0.39, 0.29) is 5.78 Å². The van der Waals surface area contributed by atoms with Crippen LogP contribution in [-0.4, -0.2) is 15.3 Å². The van der Waals surface area contributed by atoms with E-state index < -0.39 is 0 Å². The van der Waals surface area contributed by atoms with E-state index in [1.54, 1.807) is 24.3 Å². The summed E-state index contributed by atoms with van der Waals surface area (Å²) in [4.78, 5) is 17.2. The van der Waals surface area contributed by atoms with Crippen molar-refractivity contribution in [3.63, 3.8) is 0 Å². The Morgan fingerprint density at radius 1 is 1.05 bits per heavy atom. The third-order valence-electron chi connectivity index (χ3n) is 3.74. The largest absolute Gasteiger partial charge is 0.328 e. The van der Waals surface area contributed by atoms with E-state index in [1.165, 1.54) is 0 Å². The molecule has 1 heterocycles. The molecule has 0 aliphatic heterocycles. The highest BCUT2D eigenvalue weighted by Gasteiger charge is 2.19. The molecule has 0 unspecified atom stereocenters. The third kappa shape index (κ3) is 2.55. The maximum atomic E-state index is 12.6. The van der Waals surface area contributed by atoms with Crippen molar-refractivity contribution in [1.82, 2.24) is 9.55 Å². The van der Waals surface area contributed by atoms with Crippen molar-refractivity contribution >= 4 is 17.4 Å². The van der Waals surface area contributed by atoms with Crippen LogP contribution < -0.4 is 0 Å². The van der Waals surface area contributed by atoms with Gasteiger partial charge in [-0.05, 0) is 31.2 Å². The first-order valence-electron chi connectivity index (χ1n) is 6.97. The molecule has 0 aliphatic rings. The number of ketones is 1. The van der Waals surface area contributed by atoms with Gasteiger partial charge in [-0.3, -0.25) is 4.79 Å². The van der Waals surface area contributed by atoms with Gasteiger partial charge in [-0.25, -0.2) is 4.98 Å². The molecular weight excluding hydrogens is 296 g/mol. The smallest absolute Gasteiger partial charge is 0.228 e. The average Bonchev–Trinajstić information content (AvgIpc) is 2.84. The lowest BCUT2D eigenvalue weighted by molar-refractivity contribution is 0.102. The minimum atomic E-state index is -0.107. The average molecular weight is 311 g/mol. The zero-order valence-corrected chi connectivity index (χ0v) is 13.1. The van der Waals surface area contributed by atoms with Gasteiger partial charge in [0.05, 0.1) is 5.69 Å². The number of imidazole rings is 1. The minimum absolute atomic E-state index is 0.107. The Kier molecular flexibility index (Phi) is 3.82. The Hall–Kier alpha value is -2.39. The molecule has 0 aliphatic carbocycles. The van der Waals surface area contributed by atoms with E-state index in [0.29, 0.717) is 16.4 Å². The van der Waals surface area contributed by atoms with Crippen molar-refractivity contribution in [3.8, 4) is 11.3 Å². The molecule has 0 atom stereocenters. The molecule has 0 fully saturated rings. The van der Waals surface area contributed by atoms with Crippen molar-refractivity contribution in [2.45, 2.75) is 6.92 Å². The van der Waals surface area contributed by atoms with Gasteiger partial charge < -0.3 is 4.57 Å². The second kappa shape index (κ2) is 5.78. The van der Waals surface area contributed by atoms with Gasteiger partial charge in [0, 0.05) is 28.9 Å². The topological polar surface area (TPSA) is 34.9 Å². The summed E-state index contributed by atoms with van der Waals surface area (Å²) in [5, 5.41) is 0.609. The molecule has 0 saturated heterocycles. The Labute approximate surface area is 134 Å². The predicted molar refractivity (Wildman–Crippen MR) is 88.3 cm³/mol. The summed E-state index contributed by atoms with van der Waals surface area (Å²) in [7, 11) is 1.86. The molecule has 4 heteroatoms. The van der Waals surface area contributed by atoms with Crippen LogP contribution in [0.5, 0.6) is 0 Å². The van der Waals surface area contributed by atoms with Crippen molar-refractivity contribution in [3.05, 3.63) is 76.7 Å². The lowest BCUT2D eigenvalue weighted by atomic mass is 10.1. The molecule has 110 valence electrons. The Balaban J connectivity index is 2.05. The SMILES string of the molecule is Cc1c(-c2ccccc2)nc(C(=O)c2ccc(Cl)cc2)n1C. The van der Waals surface area contributed by atoms with Crippen molar-refractivity contribution in [2.24, 2.45) is 7.05 Å². The van der Waals surface area contributed by atoms with Crippen LogP contribution in [0.4, 0.5) is 0 Å². The predicted octanol–water partition coefficient (Wildman–Crippen LogP) is 4.28. The van der Waals surface area contributed by atoms with Crippen LogP contribution in [0.15, 0.2) is 54.6 Å². The first-order valence-corrected chi connectivity index (χ1v) is 7.34. The Morgan fingerprint density at radius 3 is 2.32 bits per heavy atom. The van der Waals surface area contributed by atoms with Gasteiger partial charge in [-0.1, -0.05) is 41.9 Å². The summed E-state index contributed by atoms with van der Waals surface area (Å²) < 4.78 is 1.83. The van der Waals surface area contributed by atoms with Crippen LogP contribution >= 0.6 is 11.6 Å². The van der Waals surface area contributed by atoms with Crippen LogP contribution in [0.2, 0.25) is 5.02 Å². The molecule has 0 saturated carbocycles. The zero-order chi connectivity index (χ0) is 15.7. The monoisotopic (exact) mass is 310 g/mol. The van der Waals surface area contributed by atoms with E-state index in [2.05, 4.69) is 4.98 Å². The standard InChI is InChI=1S/C18H15ClN2O/c1-12-16(13-6-4-3-5-7-13)20-18(21(12)2)17(22)14-8-10-15(19)11-9-14/h3-11H,1-2H3. The molecule has 3 rings (SSSR count). The number of halogens is 1. The molecule has 0 bridgehead atoms. The van der Waals surface area contributed by atoms with Crippen molar-refractivity contribution in [1.29, 1.82) is 0 Å². The van der Waals surface area contributed by atoms with Crippen LogP contribution in [0.25, 0.3) is 11.3 Å². The third-order valence-corrected chi connectivity index (χ3v) is 3.99. The second-order valence-corrected chi connectivity index (χ2v) is 5.57. The molecule has 22 heavy (non-hydrogen) atoms. The lowest BCUT2D eigenvalue weighted by Gasteiger charge is -2.02. The summed E-state index contributed by atoms with van der Waals surface area (Å²) in [5.74, 6) is 0.322. The normalized spacial score (nSPS) is 10.7. The molecule has 3 nitrogen and oxygen atoms in total. The Bertz CT molecular complexity index is 820. The summed E-state index contributed by atoms with van der Waals surface area (Å²) in [6.45, 7) is 1.97. The number of carbonyl (C=O) groups is 1. The summed E-state index contributed by atoms with van der Waals surface area (Å²) in [6.07, 6.45) is 0. The second-order valence-electron chi connectivity index (χ2n) is 5.13. The highest BCUT2D eigenvalue weighted by molar-refractivity contribution is 6.30. The van der Waals surface area contributed by atoms with Crippen molar-refractivity contribution < 1.29 is 4.79 Å². The number of aromatic nitrogens is 2. The van der Waals surface area contributed by atoms with Crippen LogP contribution in [-0.2, 0) is 7.05 Å². The number of rotatable bonds is 3. The van der Waals surface area contributed by atoms with Gasteiger partial charge in [0.2, 0.25) is 5.78 Å². The van der Waals surface area contributed by atoms with E-state index in [9.17, 15) is 4.79 Å². The van der Waals surface area contributed by atoms with E-state index in [4.69, 9.17) is 11.6 Å². The van der Waals surface area contributed by atoms with E-state index in [1.807, 2.05) is 48.9 Å². The van der Waals surface area contributed by atoms with E-state index >= 15 is 0 Å². The Morgan fingerprint density at radius 2 is 1.68 bits per heavy atom. The van der Waals surface area contributed by atoms with Crippen LogP contribution in [0.1, 0.15) is 21.9 Å². The fraction of sp³-hybridized carbons (Fsp3) is 0.111. The summed E-state index contributed by atoms with van der Waals surface area (Å²) in [6, 6.07) is 16.7. The fourth-order valence-corrected chi connectivity index (χ4v) is 2.51. The highest BCUT2D eigenvalue weighted by Crippen LogP contribution is 2.24. The van der Waals surface area contributed by atoms with Gasteiger partial charge in [0.15, 0.2) is 5.82 Å². The molecule has 0 amide bonds. The number of benzene rings is 2. The van der Waals surface area contributed by atoms with Crippen molar-refractivity contribution in [2.75, 3.05) is 0 Å². The van der Waals surface area contributed by atoms with Crippen LogP contribution in [0, 0.1) is 6.92 Å². The lowest BCUT2D eigenvalue weighted by Crippen LogP contribution is -2.09. The molecule has 0 spiro atoms. The quantitative estimate of drug-likeness (QED) is 0.677. The minimum Gasteiger partial charge on any atom is -0.328 e. The summed E-state index contributed by atoms with van der Waals surface area (Å²) >= 11 is 5.87. The fourth-order valence-electron chi connectivity index (χ4n) is 2.38. The number of hydrogen-bond acceptors (Lipinski definition) is 2. The van der Waals surface area contributed by atoms with Gasteiger partial charge in [0.25, 0.3) is 0 Å². The highest BCUT2D eigenvalue weighted by atomic mass is 35.5. The number of carbonyl (C=O) groups excluding carboxylic acids is 1. The van der Waals surface area contributed by atoms with Crippen LogP contribution in [0.3, 0.4) is 0 Å². The molecule has 0 radical (unpaired) electrons. The molecule has 2 aromatic carbocycles. The molecule has 3 aromatic rings. The van der Waals surface area contributed by atoms with Gasteiger partial charge >= 0.3 is 0 Å². The summed E-state index contributed by atoms with van der Waals surface area (Å²) in [5.41, 5.74) is 3.38. The van der Waals surface area contributed by atoms with E-state index in [0.717, 1.165) is 17.0 Å². The van der Waals surface area contributed by atoms with Gasteiger partial charge in [-0.2, -0.15) is 0 Å². The first kappa shape index (κ1) is 14.5. The van der Waals surface area contributed by atoms with Gasteiger partial charge in [-0.15, -0.1) is 0 Å². The van der Waals surface area contributed by atoms with Gasteiger partial charge in [0.1, 0.15) is 0 Å². The first-order chi connectivity index (χ1) is 10.6. The molecule has 0 N–H and O–H groups in total. The maximum Gasteiger partial charge on any atom is 0.228 e. The molecule has 1 aromatic heterocycles. The zero-order valence-electron chi connectivity index (χ0n) is 12.4. The maximum absolute atomic E-state index is 12.6.